The van der Waals surface area contributed by atoms with Crippen molar-refractivity contribution in [2.75, 3.05) is 20.1 Å². The Bertz CT molecular complexity index is 978. The first-order valence-electron chi connectivity index (χ1n) is 8.73. The molecule has 27 heavy (non-hydrogen) atoms. The van der Waals surface area contributed by atoms with E-state index in [9.17, 15) is 18.9 Å². The molecule has 0 amide bonds. The summed E-state index contributed by atoms with van der Waals surface area (Å²) < 4.78 is 25.3. The Balaban J connectivity index is 2.73. The first-order valence-corrected chi connectivity index (χ1v) is 10.6. The second-order valence-corrected chi connectivity index (χ2v) is 9.29. The number of methoxy groups -OCH3 is 1. The van der Waals surface area contributed by atoms with Gasteiger partial charge < -0.3 is 9.47 Å². The minimum absolute atomic E-state index is 0.117. The van der Waals surface area contributed by atoms with Crippen LogP contribution in [-0.4, -0.2) is 47.2 Å². The maximum atomic E-state index is 13.9. The molecule has 2 rings (SSSR count). The van der Waals surface area contributed by atoms with Gasteiger partial charge in [-0.05, 0) is 26.0 Å². The molecule has 0 spiro atoms. The number of ketones is 1. The molecule has 8 nitrogen and oxygen atoms in total. The number of nitrogens with one attached hydrogen (secondary N) is 1. The molecule has 1 unspecified atom stereocenters. The maximum absolute atomic E-state index is 13.9. The van der Waals surface area contributed by atoms with E-state index >= 15 is 0 Å². The van der Waals surface area contributed by atoms with Crippen LogP contribution in [0.2, 0.25) is 0 Å². The van der Waals surface area contributed by atoms with Crippen molar-refractivity contribution in [3.63, 3.8) is 0 Å². The highest BCUT2D eigenvalue weighted by atomic mass is 31.2. The number of hydrogen-bond acceptors (Lipinski definition) is 6. The number of rotatable bonds is 9. The molecule has 1 aromatic carbocycles. The Morgan fingerprint density at radius 1 is 1.22 bits per heavy atom. The van der Waals surface area contributed by atoms with Gasteiger partial charge in [-0.15, -0.1) is 0 Å². The number of aromatic nitrogens is 2. The van der Waals surface area contributed by atoms with E-state index in [2.05, 4.69) is 5.10 Å². The lowest BCUT2D eigenvalue weighted by Gasteiger charge is -2.27. The molecule has 0 bridgehead atoms. The van der Waals surface area contributed by atoms with Gasteiger partial charge in [0, 0.05) is 13.5 Å². The van der Waals surface area contributed by atoms with Gasteiger partial charge in [-0.25, -0.2) is 0 Å². The fourth-order valence-corrected chi connectivity index (χ4v) is 5.42. The molecule has 2 atom stereocenters. The minimum Gasteiger partial charge on any atom is -0.377 e. The van der Waals surface area contributed by atoms with Crippen molar-refractivity contribution in [3.8, 4) is 0 Å². The van der Waals surface area contributed by atoms with Crippen molar-refractivity contribution in [2.24, 2.45) is 0 Å². The predicted molar refractivity (Wildman–Crippen MR) is 104 cm³/mol. The summed E-state index contributed by atoms with van der Waals surface area (Å²) in [5.41, 5.74) is -2.29. The van der Waals surface area contributed by atoms with Crippen molar-refractivity contribution in [2.45, 2.75) is 39.0 Å². The molecule has 1 heterocycles. The van der Waals surface area contributed by atoms with Gasteiger partial charge in [-0.1, -0.05) is 19.1 Å². The molecule has 0 aliphatic rings. The van der Waals surface area contributed by atoms with Gasteiger partial charge in [0.1, 0.15) is 17.8 Å². The number of fused-ring (bicyclic) bond motifs is 1. The highest BCUT2D eigenvalue weighted by molar-refractivity contribution is 7.63. The third-order valence-electron chi connectivity index (χ3n) is 4.25. The quantitative estimate of drug-likeness (QED) is 0.651. The average molecular weight is 396 g/mol. The SMILES string of the molecule is CCC(=O)[C@@H](COC(C)C)P(=O)(COC)n1[nH]c(=O)c2ccccc2c1=O. The van der Waals surface area contributed by atoms with Crippen LogP contribution >= 0.6 is 7.29 Å². The topological polar surface area (TPSA) is 107 Å². The fourth-order valence-electron chi connectivity index (χ4n) is 2.85. The number of Topliss-reactive ketones (excluding diaryl/α,β-unsaturated/α-hetero) is 1. The first kappa shape index (κ1) is 21.3. The fraction of sp³-hybridized carbons (Fsp3) is 0.500. The normalized spacial score (nSPS) is 15.0. The summed E-state index contributed by atoms with van der Waals surface area (Å²) in [5.74, 6) is -0.322. The maximum Gasteiger partial charge on any atom is 0.279 e. The zero-order valence-corrected chi connectivity index (χ0v) is 16.8. The van der Waals surface area contributed by atoms with Gasteiger partial charge in [0.25, 0.3) is 11.1 Å². The highest BCUT2D eigenvalue weighted by Crippen LogP contribution is 2.51. The monoisotopic (exact) mass is 396 g/mol. The van der Waals surface area contributed by atoms with Crippen molar-refractivity contribution < 1.29 is 18.8 Å². The number of carbonyl (C=O) groups excluding carboxylic acids is 1. The van der Waals surface area contributed by atoms with E-state index in [1.807, 2.05) is 0 Å². The molecule has 148 valence electrons. The molecule has 9 heteroatoms. The second kappa shape index (κ2) is 8.78. The molecule has 1 N–H and O–H groups in total. The molecule has 0 fully saturated rings. The van der Waals surface area contributed by atoms with E-state index in [0.717, 1.165) is 4.45 Å². The third-order valence-corrected chi connectivity index (χ3v) is 7.25. The van der Waals surface area contributed by atoms with Gasteiger partial charge in [-0.2, -0.15) is 4.45 Å². The van der Waals surface area contributed by atoms with Crippen LogP contribution in [0.4, 0.5) is 0 Å². The largest absolute Gasteiger partial charge is 0.377 e. The predicted octanol–water partition coefficient (Wildman–Crippen LogP) is 2.19. The van der Waals surface area contributed by atoms with Crippen LogP contribution in [0, 0.1) is 0 Å². The summed E-state index contributed by atoms with van der Waals surface area (Å²) in [6, 6.07) is 6.25. The van der Waals surface area contributed by atoms with Gasteiger partial charge in [0.05, 0.1) is 23.5 Å². The number of nitrogens with zero attached hydrogens (tertiary/aromatic N) is 1. The van der Waals surface area contributed by atoms with E-state index < -0.39 is 24.1 Å². The summed E-state index contributed by atoms with van der Waals surface area (Å²) in [6.07, 6.45) is -0.452. The van der Waals surface area contributed by atoms with Crippen LogP contribution in [0.15, 0.2) is 33.9 Å². The summed E-state index contributed by atoms with van der Waals surface area (Å²) in [7, 11) is -2.50. The number of H-pyrrole nitrogens is 1. The smallest absolute Gasteiger partial charge is 0.279 e. The van der Waals surface area contributed by atoms with Crippen molar-refractivity contribution in [3.05, 3.63) is 45.0 Å². The molecule has 0 aliphatic carbocycles. The molecule has 0 saturated heterocycles. The van der Waals surface area contributed by atoms with Gasteiger partial charge in [0.15, 0.2) is 0 Å². The molecular weight excluding hydrogens is 371 g/mol. The molecule has 2 aromatic rings. The zero-order valence-electron chi connectivity index (χ0n) is 15.9. The van der Waals surface area contributed by atoms with E-state index in [4.69, 9.17) is 9.47 Å². The average Bonchev–Trinajstić information content (AvgIpc) is 2.64. The van der Waals surface area contributed by atoms with Crippen molar-refractivity contribution in [1.82, 2.24) is 9.55 Å². The summed E-state index contributed by atoms with van der Waals surface area (Å²) in [6.45, 7) is 5.09. The Morgan fingerprint density at radius 3 is 2.41 bits per heavy atom. The van der Waals surface area contributed by atoms with E-state index in [-0.39, 0.29) is 42.0 Å². The van der Waals surface area contributed by atoms with Crippen molar-refractivity contribution >= 4 is 23.8 Å². The summed E-state index contributed by atoms with van der Waals surface area (Å²) >= 11 is 0. The zero-order chi connectivity index (χ0) is 20.2. The highest BCUT2D eigenvalue weighted by Gasteiger charge is 2.41. The number of hydrogen-bond donors (Lipinski definition) is 1. The summed E-state index contributed by atoms with van der Waals surface area (Å²) in [5, 5.41) is 2.71. The first-order chi connectivity index (χ1) is 12.8. The lowest BCUT2D eigenvalue weighted by molar-refractivity contribution is -0.119. The van der Waals surface area contributed by atoms with Gasteiger partial charge >= 0.3 is 0 Å². The lowest BCUT2D eigenvalue weighted by atomic mass is 10.2. The van der Waals surface area contributed by atoms with Crippen LogP contribution in [-0.2, 0) is 18.8 Å². The molecular formula is C18H25N2O6P. The van der Waals surface area contributed by atoms with Crippen LogP contribution in [0.25, 0.3) is 10.8 Å². The standard InChI is InChI=1S/C18H25N2O6P/c1-5-15(21)16(10-26-12(2)3)27(24,11-25-4)20-18(23)14-9-7-6-8-13(14)17(22)19-20/h6-9,12,16H,5,10-11H2,1-4H3,(H,19,22)/t16-,27?/m1/s1. The van der Waals surface area contributed by atoms with Gasteiger partial charge in [0.2, 0.25) is 7.29 Å². The Labute approximate surface area is 156 Å². The van der Waals surface area contributed by atoms with E-state index in [1.165, 1.54) is 19.2 Å². The van der Waals surface area contributed by atoms with Crippen molar-refractivity contribution in [1.29, 1.82) is 0 Å². The van der Waals surface area contributed by atoms with E-state index in [0.29, 0.717) is 0 Å². The number of ether oxygens (including phenoxy) is 2. The molecule has 0 saturated carbocycles. The summed E-state index contributed by atoms with van der Waals surface area (Å²) in [4.78, 5) is 38.0. The second-order valence-electron chi connectivity index (χ2n) is 6.49. The molecule has 1 aromatic heterocycles. The number of benzene rings is 1. The van der Waals surface area contributed by atoms with Crippen LogP contribution in [0.5, 0.6) is 0 Å². The van der Waals surface area contributed by atoms with E-state index in [1.54, 1.807) is 32.9 Å². The Hall–Kier alpha value is -2.02. The Kier molecular flexibility index (Phi) is 6.92. The van der Waals surface area contributed by atoms with Crippen LogP contribution in [0.1, 0.15) is 27.2 Å². The molecule has 0 radical (unpaired) electrons. The molecule has 0 aliphatic heterocycles. The lowest BCUT2D eigenvalue weighted by Crippen LogP contribution is -2.38. The third kappa shape index (κ3) is 4.29. The minimum atomic E-state index is -3.83. The number of carbonyl (C=O) groups is 1. The number of aromatic amines is 1. The van der Waals surface area contributed by atoms with Crippen LogP contribution in [0.3, 0.4) is 0 Å². The van der Waals surface area contributed by atoms with Crippen LogP contribution < -0.4 is 11.1 Å². The van der Waals surface area contributed by atoms with Gasteiger partial charge in [-0.3, -0.25) is 24.0 Å². The Morgan fingerprint density at radius 2 is 1.85 bits per heavy atom.